The number of halogens is 1. The van der Waals surface area contributed by atoms with Gasteiger partial charge in [0.05, 0.1) is 20.6 Å². The molecule has 0 saturated carbocycles. The van der Waals surface area contributed by atoms with E-state index in [0.29, 0.717) is 17.6 Å². The Hall–Kier alpha value is -0.380. The lowest BCUT2D eigenvalue weighted by atomic mass is 10.3. The predicted molar refractivity (Wildman–Crippen MR) is 50.7 cm³/mol. The fourth-order valence-corrected chi connectivity index (χ4v) is 1.08. The van der Waals surface area contributed by atoms with Crippen LogP contribution in [0.25, 0.3) is 0 Å². The van der Waals surface area contributed by atoms with E-state index < -0.39 is 0 Å². The van der Waals surface area contributed by atoms with Crippen LogP contribution in [0.5, 0.6) is 0 Å². The maximum Gasteiger partial charge on any atom is 0.209 e. The van der Waals surface area contributed by atoms with Gasteiger partial charge in [-0.1, -0.05) is 6.58 Å². The summed E-state index contributed by atoms with van der Waals surface area (Å²) in [6.07, 6.45) is 2.33. The largest absolute Gasteiger partial charge is 1.00 e. The molecule has 0 aliphatic heterocycles. The van der Waals surface area contributed by atoms with Gasteiger partial charge in [-0.2, -0.15) is 0 Å². The van der Waals surface area contributed by atoms with Crippen molar-refractivity contribution in [2.75, 3.05) is 33.7 Å². The molecule has 0 rings (SSSR count). The Labute approximate surface area is 86.6 Å². The van der Waals surface area contributed by atoms with Crippen LogP contribution in [0.15, 0.2) is 12.7 Å². The van der Waals surface area contributed by atoms with E-state index in [9.17, 15) is 4.79 Å². The fourth-order valence-electron chi connectivity index (χ4n) is 1.08. The minimum absolute atomic E-state index is 0. The summed E-state index contributed by atoms with van der Waals surface area (Å²) < 4.78 is 0.696. The van der Waals surface area contributed by atoms with E-state index in [1.54, 1.807) is 0 Å². The Morgan fingerprint density at radius 1 is 1.54 bits per heavy atom. The van der Waals surface area contributed by atoms with Crippen LogP contribution >= 0.6 is 0 Å². The molecule has 0 amide bonds. The number of quaternary nitrogens is 1. The second-order valence-electron chi connectivity index (χ2n) is 3.63. The normalized spacial score (nSPS) is 10.4. The van der Waals surface area contributed by atoms with Crippen LogP contribution in [0.2, 0.25) is 0 Å². The third kappa shape index (κ3) is 7.96. The van der Waals surface area contributed by atoms with E-state index in [2.05, 4.69) is 6.58 Å². The molecule has 0 aliphatic carbocycles. The Morgan fingerprint density at radius 2 is 2.08 bits per heavy atom. The van der Waals surface area contributed by atoms with Gasteiger partial charge in [-0.15, -0.1) is 0 Å². The van der Waals surface area contributed by atoms with Crippen LogP contribution in [0, 0.1) is 0 Å². The van der Waals surface area contributed by atoms with Crippen molar-refractivity contribution in [3.05, 3.63) is 12.7 Å². The molecule has 3 nitrogen and oxygen atoms in total. The number of carbonyl (C=O) groups excluding carboxylic acids is 1. The minimum atomic E-state index is 0. The van der Waals surface area contributed by atoms with Crippen LogP contribution in [0.1, 0.15) is 6.42 Å². The summed E-state index contributed by atoms with van der Waals surface area (Å²) >= 11 is 0. The first-order chi connectivity index (χ1) is 5.52. The predicted octanol–water partition coefficient (Wildman–Crippen LogP) is -2.83. The molecule has 0 radical (unpaired) electrons. The van der Waals surface area contributed by atoms with Crippen LogP contribution in [-0.2, 0) is 4.79 Å². The standard InChI is InChI=1S/C9H19N2O.ClH/c1-4-9(12)8-11(2,3)7-5-6-10;/h4H,1,5-8,10H2,2-3H3;1H/q+1;/p-1. The molecule has 0 aliphatic rings. The maximum absolute atomic E-state index is 11.0. The quantitative estimate of drug-likeness (QED) is 0.376. The number of ketones is 1. The van der Waals surface area contributed by atoms with Gasteiger partial charge in [-0.05, 0) is 12.6 Å². The van der Waals surface area contributed by atoms with Crippen molar-refractivity contribution in [3.8, 4) is 0 Å². The van der Waals surface area contributed by atoms with Crippen LogP contribution in [-0.4, -0.2) is 44.0 Å². The van der Waals surface area contributed by atoms with Gasteiger partial charge >= 0.3 is 0 Å². The second-order valence-corrected chi connectivity index (χ2v) is 3.63. The lowest BCUT2D eigenvalue weighted by Crippen LogP contribution is -3.00. The summed E-state index contributed by atoms with van der Waals surface area (Å²) in [6, 6.07) is 0. The van der Waals surface area contributed by atoms with E-state index in [0.717, 1.165) is 13.0 Å². The molecule has 0 saturated heterocycles. The second kappa shape index (κ2) is 7.06. The third-order valence-electron chi connectivity index (χ3n) is 1.78. The SMILES string of the molecule is C=CC(=O)C[N+](C)(C)CCCN.[Cl-]. The molecule has 13 heavy (non-hydrogen) atoms. The van der Waals surface area contributed by atoms with Gasteiger partial charge in [0.15, 0.2) is 0 Å². The minimum Gasteiger partial charge on any atom is -1.00 e. The highest BCUT2D eigenvalue weighted by Gasteiger charge is 2.16. The molecule has 4 heteroatoms. The number of rotatable bonds is 6. The summed E-state index contributed by atoms with van der Waals surface area (Å²) in [5, 5.41) is 0. The fraction of sp³-hybridized carbons (Fsp3) is 0.667. The van der Waals surface area contributed by atoms with Gasteiger partial charge < -0.3 is 22.6 Å². The first kappa shape index (κ1) is 15.1. The van der Waals surface area contributed by atoms with Crippen molar-refractivity contribution in [1.29, 1.82) is 0 Å². The number of hydrogen-bond acceptors (Lipinski definition) is 2. The average Bonchev–Trinajstić information content (AvgIpc) is 2.00. The van der Waals surface area contributed by atoms with Gasteiger partial charge in [0.2, 0.25) is 5.78 Å². The summed E-state index contributed by atoms with van der Waals surface area (Å²) in [4.78, 5) is 11.0. The highest BCUT2D eigenvalue weighted by Crippen LogP contribution is 1.98. The highest BCUT2D eigenvalue weighted by atomic mass is 35.5. The Kier molecular flexibility index (Phi) is 8.21. The van der Waals surface area contributed by atoms with Crippen molar-refractivity contribution < 1.29 is 21.7 Å². The molecular formula is C9H19ClN2O. The summed E-state index contributed by atoms with van der Waals surface area (Å²) in [7, 11) is 4.05. The molecule has 78 valence electrons. The average molecular weight is 207 g/mol. The molecule has 2 N–H and O–H groups in total. The highest BCUT2D eigenvalue weighted by molar-refractivity contribution is 5.90. The molecule has 0 atom stereocenters. The Bertz CT molecular complexity index is 169. The van der Waals surface area contributed by atoms with Gasteiger partial charge in [0.25, 0.3) is 0 Å². The van der Waals surface area contributed by atoms with E-state index in [-0.39, 0.29) is 18.2 Å². The van der Waals surface area contributed by atoms with E-state index in [1.807, 2.05) is 14.1 Å². The third-order valence-corrected chi connectivity index (χ3v) is 1.78. The Morgan fingerprint density at radius 3 is 2.46 bits per heavy atom. The molecule has 0 aromatic carbocycles. The number of carbonyl (C=O) groups is 1. The zero-order chi connectivity index (χ0) is 9.61. The first-order valence-electron chi connectivity index (χ1n) is 4.19. The Balaban J connectivity index is 0. The molecule has 0 aromatic rings. The molecule has 0 spiro atoms. The van der Waals surface area contributed by atoms with E-state index in [4.69, 9.17) is 5.73 Å². The molecule has 0 aromatic heterocycles. The molecule has 0 unspecified atom stereocenters. The first-order valence-corrected chi connectivity index (χ1v) is 4.19. The van der Waals surface area contributed by atoms with Crippen molar-refractivity contribution in [2.45, 2.75) is 6.42 Å². The molecule has 0 fully saturated rings. The van der Waals surface area contributed by atoms with Gasteiger partial charge in [-0.25, -0.2) is 0 Å². The van der Waals surface area contributed by atoms with Crippen molar-refractivity contribution in [1.82, 2.24) is 0 Å². The number of nitrogens with two attached hydrogens (primary N) is 1. The van der Waals surface area contributed by atoms with Gasteiger partial charge in [0.1, 0.15) is 6.54 Å². The lowest BCUT2D eigenvalue weighted by molar-refractivity contribution is -0.882. The maximum atomic E-state index is 11.0. The van der Waals surface area contributed by atoms with Gasteiger partial charge in [0, 0.05) is 6.42 Å². The van der Waals surface area contributed by atoms with E-state index in [1.165, 1.54) is 6.08 Å². The van der Waals surface area contributed by atoms with Crippen molar-refractivity contribution in [3.63, 3.8) is 0 Å². The lowest BCUT2D eigenvalue weighted by Gasteiger charge is -2.28. The molecule has 0 bridgehead atoms. The number of likely N-dealkylation sites (N-methyl/N-ethyl adjacent to an activating group) is 1. The molecule has 0 heterocycles. The summed E-state index contributed by atoms with van der Waals surface area (Å²) in [5.41, 5.74) is 5.38. The van der Waals surface area contributed by atoms with Crippen molar-refractivity contribution in [2.24, 2.45) is 5.73 Å². The zero-order valence-corrected chi connectivity index (χ0v) is 9.18. The zero-order valence-electron chi connectivity index (χ0n) is 8.42. The van der Waals surface area contributed by atoms with Crippen molar-refractivity contribution >= 4 is 5.78 Å². The van der Waals surface area contributed by atoms with Crippen LogP contribution < -0.4 is 18.1 Å². The van der Waals surface area contributed by atoms with Crippen LogP contribution in [0.3, 0.4) is 0 Å². The number of hydrogen-bond donors (Lipinski definition) is 1. The smallest absolute Gasteiger partial charge is 0.209 e. The van der Waals surface area contributed by atoms with Crippen LogP contribution in [0.4, 0.5) is 0 Å². The van der Waals surface area contributed by atoms with Gasteiger partial charge in [-0.3, -0.25) is 4.79 Å². The number of nitrogens with zero attached hydrogens (tertiary/aromatic N) is 1. The monoisotopic (exact) mass is 206 g/mol. The topological polar surface area (TPSA) is 43.1 Å². The summed E-state index contributed by atoms with van der Waals surface area (Å²) in [6.45, 7) is 5.58. The summed E-state index contributed by atoms with van der Waals surface area (Å²) in [5.74, 6) is 0.0945. The van der Waals surface area contributed by atoms with E-state index >= 15 is 0 Å². The molecular weight excluding hydrogens is 188 g/mol.